The molecule has 5 heteroatoms. The van der Waals surface area contributed by atoms with E-state index < -0.39 is 12.0 Å². The van der Waals surface area contributed by atoms with Gasteiger partial charge in [0.15, 0.2) is 0 Å². The highest BCUT2D eigenvalue weighted by atomic mass is 32.2. The highest BCUT2D eigenvalue weighted by molar-refractivity contribution is 8.00. The number of aliphatic carboxylic acids is 1. The van der Waals surface area contributed by atoms with Gasteiger partial charge in [-0.15, -0.1) is 11.8 Å². The SMILES string of the molecule is CC(C)C(=O)N1CS[C@@H](C)[C@H]1C(=O)O. The van der Waals surface area contributed by atoms with Gasteiger partial charge < -0.3 is 10.0 Å². The molecule has 0 aliphatic carbocycles. The van der Waals surface area contributed by atoms with Crippen LogP contribution in [0.4, 0.5) is 0 Å². The number of carbonyl (C=O) groups is 2. The maximum atomic E-state index is 11.7. The van der Waals surface area contributed by atoms with Crippen LogP contribution in [-0.4, -0.2) is 39.1 Å². The van der Waals surface area contributed by atoms with E-state index in [1.165, 1.54) is 16.7 Å². The first kappa shape index (κ1) is 11.4. The van der Waals surface area contributed by atoms with E-state index in [9.17, 15) is 9.59 Å². The molecule has 0 spiro atoms. The Morgan fingerprint density at radius 3 is 2.50 bits per heavy atom. The number of carboxylic acids is 1. The van der Waals surface area contributed by atoms with Crippen molar-refractivity contribution in [2.75, 3.05) is 5.88 Å². The Bertz CT molecular complexity index is 254. The molecule has 1 aliphatic rings. The average Bonchev–Trinajstić information content (AvgIpc) is 2.45. The summed E-state index contributed by atoms with van der Waals surface area (Å²) in [5.74, 6) is -0.622. The van der Waals surface area contributed by atoms with Gasteiger partial charge in [-0.2, -0.15) is 0 Å². The van der Waals surface area contributed by atoms with Crippen LogP contribution in [0.3, 0.4) is 0 Å². The second-order valence-corrected chi connectivity index (χ2v) is 5.08. The minimum Gasteiger partial charge on any atom is -0.480 e. The van der Waals surface area contributed by atoms with Crippen LogP contribution in [0.25, 0.3) is 0 Å². The molecule has 14 heavy (non-hydrogen) atoms. The smallest absolute Gasteiger partial charge is 0.327 e. The van der Waals surface area contributed by atoms with Crippen LogP contribution in [0, 0.1) is 5.92 Å². The first-order chi connectivity index (χ1) is 6.45. The zero-order valence-electron chi connectivity index (χ0n) is 8.56. The number of carboxylic acid groups (broad SMARTS) is 1. The Balaban J connectivity index is 2.79. The molecule has 80 valence electrons. The molecule has 2 atom stereocenters. The van der Waals surface area contributed by atoms with Gasteiger partial charge >= 0.3 is 5.97 Å². The van der Waals surface area contributed by atoms with E-state index in [1.807, 2.05) is 6.92 Å². The number of hydrogen-bond acceptors (Lipinski definition) is 3. The summed E-state index contributed by atoms with van der Waals surface area (Å²) in [6.45, 7) is 5.42. The van der Waals surface area contributed by atoms with Crippen LogP contribution in [0.1, 0.15) is 20.8 Å². The molecule has 1 amide bonds. The molecule has 0 aromatic heterocycles. The van der Waals surface area contributed by atoms with Crippen LogP contribution < -0.4 is 0 Å². The largest absolute Gasteiger partial charge is 0.480 e. The fourth-order valence-electron chi connectivity index (χ4n) is 1.49. The molecule has 4 nitrogen and oxygen atoms in total. The van der Waals surface area contributed by atoms with E-state index in [0.29, 0.717) is 5.88 Å². The Morgan fingerprint density at radius 2 is 2.07 bits per heavy atom. The number of carbonyl (C=O) groups excluding carboxylic acids is 1. The fraction of sp³-hybridized carbons (Fsp3) is 0.778. The molecular weight excluding hydrogens is 202 g/mol. The first-order valence-electron chi connectivity index (χ1n) is 4.60. The number of rotatable bonds is 2. The lowest BCUT2D eigenvalue weighted by atomic mass is 10.1. The predicted octanol–water partition coefficient (Wildman–Crippen LogP) is 1.02. The van der Waals surface area contributed by atoms with Crippen LogP contribution in [0.5, 0.6) is 0 Å². The Labute approximate surface area is 87.7 Å². The molecule has 1 rings (SSSR count). The summed E-state index contributed by atoms with van der Waals surface area (Å²) in [6.07, 6.45) is 0. The summed E-state index contributed by atoms with van der Waals surface area (Å²) in [5, 5.41) is 8.96. The van der Waals surface area contributed by atoms with E-state index in [-0.39, 0.29) is 17.1 Å². The van der Waals surface area contributed by atoms with Gasteiger partial charge in [0, 0.05) is 11.2 Å². The summed E-state index contributed by atoms with van der Waals surface area (Å²) in [5.41, 5.74) is 0. The third kappa shape index (κ3) is 2.03. The van der Waals surface area contributed by atoms with E-state index in [4.69, 9.17) is 5.11 Å². The van der Waals surface area contributed by atoms with Crippen molar-refractivity contribution >= 4 is 23.6 Å². The van der Waals surface area contributed by atoms with Crippen molar-refractivity contribution in [2.45, 2.75) is 32.1 Å². The van der Waals surface area contributed by atoms with E-state index in [0.717, 1.165) is 0 Å². The number of amides is 1. The first-order valence-corrected chi connectivity index (χ1v) is 5.65. The Kier molecular flexibility index (Phi) is 3.42. The summed E-state index contributed by atoms with van der Waals surface area (Å²) >= 11 is 1.51. The molecule has 0 aromatic carbocycles. The summed E-state index contributed by atoms with van der Waals surface area (Å²) in [6, 6.07) is -0.658. The van der Waals surface area contributed by atoms with E-state index >= 15 is 0 Å². The molecule has 1 fully saturated rings. The second-order valence-electron chi connectivity index (χ2n) is 3.75. The van der Waals surface area contributed by atoms with Gasteiger partial charge in [0.05, 0.1) is 5.88 Å². The Hall–Kier alpha value is -0.710. The highest BCUT2D eigenvalue weighted by Gasteiger charge is 2.40. The fourth-order valence-corrected chi connectivity index (χ4v) is 2.62. The number of nitrogens with zero attached hydrogens (tertiary/aromatic N) is 1. The number of thioether (sulfide) groups is 1. The normalized spacial score (nSPS) is 27.0. The molecule has 1 aliphatic heterocycles. The molecular formula is C9H15NO3S. The van der Waals surface area contributed by atoms with Gasteiger partial charge in [0.25, 0.3) is 0 Å². The standard InChI is InChI=1S/C9H15NO3S/c1-5(2)8(11)10-4-14-6(3)7(10)9(12)13/h5-7H,4H2,1-3H3,(H,12,13)/t6-,7-/m0/s1. The summed E-state index contributed by atoms with van der Waals surface area (Å²) in [7, 11) is 0. The molecule has 1 saturated heterocycles. The average molecular weight is 217 g/mol. The van der Waals surface area contributed by atoms with Gasteiger partial charge in [-0.3, -0.25) is 4.79 Å². The minimum absolute atomic E-state index is 0.0183. The van der Waals surface area contributed by atoms with E-state index in [2.05, 4.69) is 0 Å². The summed E-state index contributed by atoms with van der Waals surface area (Å²) in [4.78, 5) is 24.1. The third-order valence-corrected chi connectivity index (χ3v) is 3.50. The molecule has 0 aromatic rings. The van der Waals surface area contributed by atoms with Crippen molar-refractivity contribution in [3.63, 3.8) is 0 Å². The van der Waals surface area contributed by atoms with Crippen molar-refractivity contribution in [1.82, 2.24) is 4.90 Å². The van der Waals surface area contributed by atoms with Crippen molar-refractivity contribution in [2.24, 2.45) is 5.92 Å². The van der Waals surface area contributed by atoms with Gasteiger partial charge in [-0.05, 0) is 0 Å². The molecule has 1 heterocycles. The Morgan fingerprint density at radius 1 is 1.50 bits per heavy atom. The maximum absolute atomic E-state index is 11.7. The van der Waals surface area contributed by atoms with Gasteiger partial charge in [-0.25, -0.2) is 4.79 Å². The van der Waals surface area contributed by atoms with Crippen LogP contribution in [0.15, 0.2) is 0 Å². The van der Waals surface area contributed by atoms with Crippen LogP contribution >= 0.6 is 11.8 Å². The predicted molar refractivity (Wildman–Crippen MR) is 55.0 cm³/mol. The van der Waals surface area contributed by atoms with Crippen LogP contribution in [0.2, 0.25) is 0 Å². The number of hydrogen-bond donors (Lipinski definition) is 1. The van der Waals surface area contributed by atoms with Crippen molar-refractivity contribution in [3.05, 3.63) is 0 Å². The maximum Gasteiger partial charge on any atom is 0.327 e. The van der Waals surface area contributed by atoms with Gasteiger partial charge in [0.2, 0.25) is 5.91 Å². The lowest BCUT2D eigenvalue weighted by molar-refractivity contribution is -0.149. The molecule has 0 saturated carbocycles. The van der Waals surface area contributed by atoms with Crippen LogP contribution in [-0.2, 0) is 9.59 Å². The van der Waals surface area contributed by atoms with Crippen molar-refractivity contribution in [1.29, 1.82) is 0 Å². The van der Waals surface area contributed by atoms with Crippen molar-refractivity contribution < 1.29 is 14.7 Å². The third-order valence-electron chi connectivity index (χ3n) is 2.29. The van der Waals surface area contributed by atoms with E-state index in [1.54, 1.807) is 13.8 Å². The molecule has 0 unspecified atom stereocenters. The lowest BCUT2D eigenvalue weighted by Crippen LogP contribution is -2.45. The minimum atomic E-state index is -0.906. The van der Waals surface area contributed by atoms with Crippen molar-refractivity contribution in [3.8, 4) is 0 Å². The second kappa shape index (κ2) is 4.21. The zero-order chi connectivity index (χ0) is 10.9. The van der Waals surface area contributed by atoms with Gasteiger partial charge in [-0.1, -0.05) is 20.8 Å². The molecule has 0 radical (unpaired) electrons. The monoisotopic (exact) mass is 217 g/mol. The quantitative estimate of drug-likeness (QED) is 0.750. The summed E-state index contributed by atoms with van der Waals surface area (Å²) < 4.78 is 0. The molecule has 0 bridgehead atoms. The highest BCUT2D eigenvalue weighted by Crippen LogP contribution is 2.29. The zero-order valence-corrected chi connectivity index (χ0v) is 9.37. The van der Waals surface area contributed by atoms with Gasteiger partial charge in [0.1, 0.15) is 6.04 Å². The lowest BCUT2D eigenvalue weighted by Gasteiger charge is -2.23. The molecule has 1 N–H and O–H groups in total. The topological polar surface area (TPSA) is 57.6 Å².